The van der Waals surface area contributed by atoms with E-state index >= 15 is 0 Å². The minimum Gasteiger partial charge on any atom is -0.494 e. The Bertz CT molecular complexity index is 633. The first kappa shape index (κ1) is 13.5. The number of ketones is 1. The lowest BCUT2D eigenvalue weighted by molar-refractivity contribution is 0.0586. The van der Waals surface area contributed by atoms with Crippen LogP contribution in [0.15, 0.2) is 48.5 Å². The molecule has 4 heteroatoms. The zero-order chi connectivity index (χ0) is 14.7. The van der Waals surface area contributed by atoms with E-state index in [0.29, 0.717) is 23.7 Å². The number of Topliss-reactive ketones (excluding diaryl/α,β-unsaturated/α-hetero) is 1. The standard InChI is InChI=1S/C17H16O4/c1-2-19-13-9-7-12(8-10-13)17(18)16-11-20-14-5-3-4-6-15(14)21-16/h3-10,16H,2,11H2,1H3. The number of hydrogen-bond donors (Lipinski definition) is 0. The lowest BCUT2D eigenvalue weighted by Crippen LogP contribution is -2.36. The molecule has 1 aliphatic rings. The second kappa shape index (κ2) is 5.87. The fourth-order valence-electron chi connectivity index (χ4n) is 2.22. The highest BCUT2D eigenvalue weighted by molar-refractivity contribution is 6.00. The van der Waals surface area contributed by atoms with Crippen molar-refractivity contribution in [3.05, 3.63) is 54.1 Å². The maximum absolute atomic E-state index is 12.4. The van der Waals surface area contributed by atoms with Crippen LogP contribution in [0.4, 0.5) is 0 Å². The Kier molecular flexibility index (Phi) is 3.77. The Morgan fingerprint density at radius 1 is 1.14 bits per heavy atom. The molecule has 108 valence electrons. The maximum Gasteiger partial charge on any atom is 0.206 e. The molecule has 0 radical (unpaired) electrons. The van der Waals surface area contributed by atoms with Crippen LogP contribution in [0.3, 0.4) is 0 Å². The molecule has 1 heterocycles. The van der Waals surface area contributed by atoms with E-state index in [-0.39, 0.29) is 12.4 Å². The molecule has 1 atom stereocenters. The predicted octanol–water partition coefficient (Wildman–Crippen LogP) is 3.11. The number of carbonyl (C=O) groups excluding carboxylic acids is 1. The van der Waals surface area contributed by atoms with Crippen molar-refractivity contribution in [3.8, 4) is 17.2 Å². The van der Waals surface area contributed by atoms with E-state index in [4.69, 9.17) is 14.2 Å². The Morgan fingerprint density at radius 2 is 1.86 bits per heavy atom. The molecular formula is C17H16O4. The van der Waals surface area contributed by atoms with Gasteiger partial charge in [-0.05, 0) is 43.3 Å². The van der Waals surface area contributed by atoms with Crippen molar-refractivity contribution < 1.29 is 19.0 Å². The predicted molar refractivity (Wildman–Crippen MR) is 78.3 cm³/mol. The van der Waals surface area contributed by atoms with Gasteiger partial charge in [0, 0.05) is 5.56 Å². The average Bonchev–Trinajstić information content (AvgIpc) is 2.55. The molecule has 0 saturated heterocycles. The van der Waals surface area contributed by atoms with Gasteiger partial charge in [0.05, 0.1) is 6.61 Å². The van der Waals surface area contributed by atoms with Gasteiger partial charge in [-0.15, -0.1) is 0 Å². The molecule has 0 aromatic heterocycles. The molecular weight excluding hydrogens is 268 g/mol. The molecule has 0 aliphatic carbocycles. The topological polar surface area (TPSA) is 44.8 Å². The summed E-state index contributed by atoms with van der Waals surface area (Å²) in [6, 6.07) is 14.4. The number of benzene rings is 2. The van der Waals surface area contributed by atoms with Crippen molar-refractivity contribution in [1.29, 1.82) is 0 Å². The Balaban J connectivity index is 1.74. The Morgan fingerprint density at radius 3 is 2.57 bits per heavy atom. The molecule has 4 nitrogen and oxygen atoms in total. The van der Waals surface area contributed by atoms with Gasteiger partial charge in [-0.3, -0.25) is 4.79 Å². The summed E-state index contributed by atoms with van der Waals surface area (Å²) in [5.74, 6) is 1.94. The zero-order valence-corrected chi connectivity index (χ0v) is 11.7. The molecule has 0 fully saturated rings. The number of fused-ring (bicyclic) bond motifs is 1. The van der Waals surface area contributed by atoms with Gasteiger partial charge in [0.15, 0.2) is 17.6 Å². The quantitative estimate of drug-likeness (QED) is 0.809. The Hall–Kier alpha value is -2.49. The summed E-state index contributed by atoms with van der Waals surface area (Å²) in [5, 5.41) is 0. The van der Waals surface area contributed by atoms with Gasteiger partial charge in [0.2, 0.25) is 5.78 Å². The van der Waals surface area contributed by atoms with Crippen molar-refractivity contribution >= 4 is 5.78 Å². The van der Waals surface area contributed by atoms with Gasteiger partial charge in [0.1, 0.15) is 12.4 Å². The van der Waals surface area contributed by atoms with Crippen molar-refractivity contribution in [2.75, 3.05) is 13.2 Å². The number of rotatable bonds is 4. The highest BCUT2D eigenvalue weighted by Gasteiger charge is 2.28. The van der Waals surface area contributed by atoms with Crippen LogP contribution in [-0.2, 0) is 0 Å². The van der Waals surface area contributed by atoms with Crippen LogP contribution in [0.2, 0.25) is 0 Å². The van der Waals surface area contributed by atoms with E-state index in [1.807, 2.05) is 25.1 Å². The smallest absolute Gasteiger partial charge is 0.206 e. The van der Waals surface area contributed by atoms with Crippen LogP contribution in [0.25, 0.3) is 0 Å². The van der Waals surface area contributed by atoms with Crippen molar-refractivity contribution in [2.24, 2.45) is 0 Å². The van der Waals surface area contributed by atoms with Gasteiger partial charge in [-0.2, -0.15) is 0 Å². The largest absolute Gasteiger partial charge is 0.494 e. The van der Waals surface area contributed by atoms with Crippen LogP contribution in [-0.4, -0.2) is 25.1 Å². The molecule has 1 unspecified atom stereocenters. The SMILES string of the molecule is CCOc1ccc(C(=O)C2COc3ccccc3O2)cc1. The third kappa shape index (κ3) is 2.84. The van der Waals surface area contributed by atoms with Gasteiger partial charge < -0.3 is 14.2 Å². The van der Waals surface area contributed by atoms with Gasteiger partial charge in [-0.1, -0.05) is 12.1 Å². The van der Waals surface area contributed by atoms with E-state index in [2.05, 4.69) is 0 Å². The fourth-order valence-corrected chi connectivity index (χ4v) is 2.22. The van der Waals surface area contributed by atoms with E-state index in [1.54, 1.807) is 30.3 Å². The monoisotopic (exact) mass is 284 g/mol. The summed E-state index contributed by atoms with van der Waals surface area (Å²) in [7, 11) is 0. The Labute approximate surface area is 123 Å². The lowest BCUT2D eigenvalue weighted by Gasteiger charge is -2.25. The number of ether oxygens (including phenoxy) is 3. The van der Waals surface area contributed by atoms with Crippen LogP contribution in [0.1, 0.15) is 17.3 Å². The molecule has 3 rings (SSSR count). The summed E-state index contributed by atoms with van der Waals surface area (Å²) < 4.78 is 16.7. The molecule has 21 heavy (non-hydrogen) atoms. The minimum absolute atomic E-state index is 0.0902. The first-order valence-electron chi connectivity index (χ1n) is 6.93. The van der Waals surface area contributed by atoms with Crippen LogP contribution in [0.5, 0.6) is 17.2 Å². The van der Waals surface area contributed by atoms with E-state index in [0.717, 1.165) is 5.75 Å². The summed E-state index contributed by atoms with van der Waals surface area (Å²) in [6.45, 7) is 2.75. The highest BCUT2D eigenvalue weighted by atomic mass is 16.6. The minimum atomic E-state index is -0.613. The molecule has 0 spiro atoms. The summed E-state index contributed by atoms with van der Waals surface area (Å²) in [5.41, 5.74) is 0.589. The molecule has 0 N–H and O–H groups in total. The zero-order valence-electron chi connectivity index (χ0n) is 11.7. The molecule has 0 bridgehead atoms. The van der Waals surface area contributed by atoms with E-state index in [9.17, 15) is 4.79 Å². The summed E-state index contributed by atoms with van der Waals surface area (Å²) >= 11 is 0. The summed E-state index contributed by atoms with van der Waals surface area (Å²) in [4.78, 5) is 12.4. The van der Waals surface area contributed by atoms with Crippen LogP contribution < -0.4 is 14.2 Å². The molecule has 2 aromatic carbocycles. The third-order valence-corrected chi connectivity index (χ3v) is 3.25. The van der Waals surface area contributed by atoms with Crippen LogP contribution in [0, 0.1) is 0 Å². The second-order valence-electron chi connectivity index (χ2n) is 4.69. The fraction of sp³-hybridized carbons (Fsp3) is 0.235. The molecule has 0 amide bonds. The van der Waals surface area contributed by atoms with Crippen molar-refractivity contribution in [1.82, 2.24) is 0 Å². The highest BCUT2D eigenvalue weighted by Crippen LogP contribution is 2.31. The lowest BCUT2D eigenvalue weighted by atomic mass is 10.1. The molecule has 2 aromatic rings. The normalized spacial score (nSPS) is 16.3. The van der Waals surface area contributed by atoms with Gasteiger partial charge in [-0.25, -0.2) is 0 Å². The first-order chi connectivity index (χ1) is 10.3. The van der Waals surface area contributed by atoms with Crippen molar-refractivity contribution in [3.63, 3.8) is 0 Å². The van der Waals surface area contributed by atoms with Gasteiger partial charge >= 0.3 is 0 Å². The number of carbonyl (C=O) groups is 1. The second-order valence-corrected chi connectivity index (χ2v) is 4.69. The number of hydrogen-bond acceptors (Lipinski definition) is 4. The summed E-state index contributed by atoms with van der Waals surface area (Å²) in [6.07, 6.45) is -0.613. The van der Waals surface area contributed by atoms with Crippen molar-refractivity contribution in [2.45, 2.75) is 13.0 Å². The van der Waals surface area contributed by atoms with E-state index < -0.39 is 6.10 Å². The maximum atomic E-state index is 12.4. The molecule has 1 aliphatic heterocycles. The van der Waals surface area contributed by atoms with E-state index in [1.165, 1.54) is 0 Å². The van der Waals surface area contributed by atoms with Gasteiger partial charge in [0.25, 0.3) is 0 Å². The van der Waals surface area contributed by atoms with Crippen LogP contribution >= 0.6 is 0 Å². The first-order valence-corrected chi connectivity index (χ1v) is 6.93. The average molecular weight is 284 g/mol. The third-order valence-electron chi connectivity index (χ3n) is 3.25. The molecule has 0 saturated carbocycles. The number of para-hydroxylation sites is 2.